The minimum atomic E-state index is 0.337. The zero-order chi connectivity index (χ0) is 14.1. The van der Waals surface area contributed by atoms with Crippen LogP contribution in [0.4, 0.5) is 0 Å². The van der Waals surface area contributed by atoms with Crippen molar-refractivity contribution >= 4 is 0 Å². The smallest absolute Gasteiger partial charge is 0.135 e. The van der Waals surface area contributed by atoms with Crippen molar-refractivity contribution in [1.82, 2.24) is 0 Å². The average Bonchev–Trinajstić information content (AvgIpc) is 2.41. The molecule has 0 radical (unpaired) electrons. The normalized spacial score (nSPS) is 9.95. The fraction of sp³-hybridized carbons (Fsp3) is 0.500. The van der Waals surface area contributed by atoms with Crippen LogP contribution in [0, 0.1) is 17.8 Å². The molecule has 0 aliphatic rings. The number of hydrogen-bond acceptors (Lipinski definition) is 3. The molecule has 2 N–H and O–H groups in total. The minimum Gasteiger partial charge on any atom is -0.497 e. The van der Waals surface area contributed by atoms with Crippen LogP contribution in [0.3, 0.4) is 0 Å². The lowest BCUT2D eigenvalue weighted by Crippen LogP contribution is -2.01. The van der Waals surface area contributed by atoms with Crippen molar-refractivity contribution in [1.29, 1.82) is 0 Å². The van der Waals surface area contributed by atoms with Gasteiger partial charge in [0.2, 0.25) is 0 Å². The Labute approximate surface area is 116 Å². The summed E-state index contributed by atoms with van der Waals surface area (Å²) in [6, 6.07) is 5.65. The molecule has 1 aromatic carbocycles. The van der Waals surface area contributed by atoms with Gasteiger partial charge in [-0.3, -0.25) is 0 Å². The molecule has 0 atom stereocenters. The molecule has 0 bridgehead atoms. The van der Waals surface area contributed by atoms with E-state index in [1.165, 1.54) is 6.42 Å². The SMILES string of the molecule is COc1ccc(OCCCC(C)C)c(C#CCN)c1. The summed E-state index contributed by atoms with van der Waals surface area (Å²) in [5, 5.41) is 0. The molecule has 1 rings (SSSR count). The summed E-state index contributed by atoms with van der Waals surface area (Å²) in [4.78, 5) is 0. The molecule has 104 valence electrons. The van der Waals surface area contributed by atoms with E-state index in [1.807, 2.05) is 18.2 Å². The first kappa shape index (κ1) is 15.4. The number of nitrogens with two attached hydrogens (primary N) is 1. The average molecular weight is 261 g/mol. The molecule has 0 heterocycles. The van der Waals surface area contributed by atoms with E-state index in [4.69, 9.17) is 15.2 Å². The van der Waals surface area contributed by atoms with E-state index in [9.17, 15) is 0 Å². The Morgan fingerprint density at radius 3 is 2.74 bits per heavy atom. The van der Waals surface area contributed by atoms with Gasteiger partial charge in [-0.15, -0.1) is 0 Å². The van der Waals surface area contributed by atoms with Crippen molar-refractivity contribution in [3.63, 3.8) is 0 Å². The lowest BCUT2D eigenvalue weighted by atomic mass is 10.1. The van der Waals surface area contributed by atoms with E-state index >= 15 is 0 Å². The summed E-state index contributed by atoms with van der Waals surface area (Å²) in [5.41, 5.74) is 6.23. The van der Waals surface area contributed by atoms with Crippen LogP contribution in [0.5, 0.6) is 11.5 Å². The quantitative estimate of drug-likeness (QED) is 0.632. The molecule has 0 saturated heterocycles. The first-order valence-corrected chi connectivity index (χ1v) is 6.67. The highest BCUT2D eigenvalue weighted by Crippen LogP contribution is 2.23. The highest BCUT2D eigenvalue weighted by molar-refractivity contribution is 5.50. The van der Waals surface area contributed by atoms with Gasteiger partial charge in [0.1, 0.15) is 11.5 Å². The molecule has 1 aromatic rings. The van der Waals surface area contributed by atoms with E-state index in [0.29, 0.717) is 19.1 Å². The van der Waals surface area contributed by atoms with Crippen LogP contribution in [0.25, 0.3) is 0 Å². The van der Waals surface area contributed by atoms with Crippen LogP contribution in [-0.4, -0.2) is 20.3 Å². The molecule has 3 nitrogen and oxygen atoms in total. The number of benzene rings is 1. The first-order valence-electron chi connectivity index (χ1n) is 6.67. The maximum Gasteiger partial charge on any atom is 0.135 e. The second-order valence-electron chi connectivity index (χ2n) is 4.75. The molecule has 0 aliphatic carbocycles. The van der Waals surface area contributed by atoms with Gasteiger partial charge in [-0.1, -0.05) is 25.7 Å². The summed E-state index contributed by atoms with van der Waals surface area (Å²) in [6.07, 6.45) is 2.22. The van der Waals surface area contributed by atoms with E-state index in [0.717, 1.165) is 23.5 Å². The van der Waals surface area contributed by atoms with E-state index in [-0.39, 0.29) is 0 Å². The number of rotatable bonds is 6. The lowest BCUT2D eigenvalue weighted by molar-refractivity contribution is 0.296. The predicted molar refractivity (Wildman–Crippen MR) is 78.5 cm³/mol. The summed E-state index contributed by atoms with van der Waals surface area (Å²) in [5.74, 6) is 8.14. The van der Waals surface area contributed by atoms with Gasteiger partial charge in [-0.2, -0.15) is 0 Å². The predicted octanol–water partition coefficient (Wildman–Crippen LogP) is 2.82. The van der Waals surface area contributed by atoms with Gasteiger partial charge in [0.15, 0.2) is 0 Å². The third kappa shape index (κ3) is 5.67. The summed E-state index contributed by atoms with van der Waals surface area (Å²) >= 11 is 0. The Balaban J connectivity index is 2.70. The van der Waals surface area contributed by atoms with E-state index in [1.54, 1.807) is 7.11 Å². The Hall–Kier alpha value is -1.66. The highest BCUT2D eigenvalue weighted by Gasteiger charge is 2.04. The zero-order valence-corrected chi connectivity index (χ0v) is 12.0. The van der Waals surface area contributed by atoms with Gasteiger partial charge in [0.05, 0.1) is 25.8 Å². The Bertz CT molecular complexity index is 444. The third-order valence-corrected chi connectivity index (χ3v) is 2.70. The van der Waals surface area contributed by atoms with E-state index in [2.05, 4.69) is 25.7 Å². The Kier molecular flexibility index (Phi) is 6.84. The van der Waals surface area contributed by atoms with Crippen LogP contribution in [0.15, 0.2) is 18.2 Å². The summed E-state index contributed by atoms with van der Waals surface area (Å²) in [7, 11) is 1.64. The van der Waals surface area contributed by atoms with Gasteiger partial charge >= 0.3 is 0 Å². The van der Waals surface area contributed by atoms with Crippen LogP contribution in [0.2, 0.25) is 0 Å². The fourth-order valence-electron chi connectivity index (χ4n) is 1.68. The number of hydrogen-bond donors (Lipinski definition) is 1. The van der Waals surface area contributed by atoms with Crippen LogP contribution in [0.1, 0.15) is 32.3 Å². The monoisotopic (exact) mass is 261 g/mol. The third-order valence-electron chi connectivity index (χ3n) is 2.70. The molecule has 0 fully saturated rings. The van der Waals surface area contributed by atoms with Gasteiger partial charge in [0, 0.05) is 0 Å². The second kappa shape index (κ2) is 8.44. The molecule has 0 aromatic heterocycles. The summed E-state index contributed by atoms with van der Waals surface area (Å²) in [6.45, 7) is 5.48. The van der Waals surface area contributed by atoms with E-state index < -0.39 is 0 Å². The Morgan fingerprint density at radius 1 is 1.32 bits per heavy atom. The molecule has 3 heteroatoms. The molecular formula is C16H23NO2. The van der Waals surface area contributed by atoms with Crippen molar-refractivity contribution in [3.05, 3.63) is 23.8 Å². The topological polar surface area (TPSA) is 44.5 Å². The van der Waals surface area contributed by atoms with Gasteiger partial charge in [-0.25, -0.2) is 0 Å². The zero-order valence-electron chi connectivity index (χ0n) is 12.0. The molecule has 0 amide bonds. The molecule has 0 saturated carbocycles. The van der Waals surface area contributed by atoms with Crippen molar-refractivity contribution < 1.29 is 9.47 Å². The molecular weight excluding hydrogens is 238 g/mol. The molecule has 19 heavy (non-hydrogen) atoms. The van der Waals surface area contributed by atoms with Crippen molar-refractivity contribution in [2.45, 2.75) is 26.7 Å². The van der Waals surface area contributed by atoms with Gasteiger partial charge in [-0.05, 0) is 37.0 Å². The number of methoxy groups -OCH3 is 1. The molecule has 0 aliphatic heterocycles. The van der Waals surface area contributed by atoms with Crippen molar-refractivity contribution in [2.75, 3.05) is 20.3 Å². The van der Waals surface area contributed by atoms with Crippen molar-refractivity contribution in [2.24, 2.45) is 11.7 Å². The fourth-order valence-corrected chi connectivity index (χ4v) is 1.68. The molecule has 0 spiro atoms. The largest absolute Gasteiger partial charge is 0.497 e. The Morgan fingerprint density at radius 2 is 2.11 bits per heavy atom. The highest BCUT2D eigenvalue weighted by atomic mass is 16.5. The second-order valence-corrected chi connectivity index (χ2v) is 4.75. The summed E-state index contributed by atoms with van der Waals surface area (Å²) < 4.78 is 11.0. The van der Waals surface area contributed by atoms with Crippen LogP contribution >= 0.6 is 0 Å². The number of ether oxygens (including phenoxy) is 2. The van der Waals surface area contributed by atoms with Crippen LogP contribution in [-0.2, 0) is 0 Å². The van der Waals surface area contributed by atoms with Crippen LogP contribution < -0.4 is 15.2 Å². The maximum atomic E-state index is 5.79. The van der Waals surface area contributed by atoms with Gasteiger partial charge in [0.25, 0.3) is 0 Å². The van der Waals surface area contributed by atoms with Crippen molar-refractivity contribution in [3.8, 4) is 23.3 Å². The molecule has 0 unspecified atom stereocenters. The first-order chi connectivity index (χ1) is 9.17. The maximum absolute atomic E-state index is 5.79. The lowest BCUT2D eigenvalue weighted by Gasteiger charge is -2.10. The minimum absolute atomic E-state index is 0.337. The van der Waals surface area contributed by atoms with Gasteiger partial charge < -0.3 is 15.2 Å². The standard InChI is InChI=1S/C16H23NO2/c1-13(2)6-5-11-19-16-9-8-15(18-3)12-14(16)7-4-10-17/h8-9,12-13H,5-6,10-11,17H2,1-3H3.